The molecule has 2 aromatic carbocycles. The second-order valence-electron chi connectivity index (χ2n) is 5.14. The van der Waals surface area contributed by atoms with Gasteiger partial charge in [0.05, 0.1) is 0 Å². The van der Waals surface area contributed by atoms with Crippen LogP contribution in [0.2, 0.25) is 0 Å². The summed E-state index contributed by atoms with van der Waals surface area (Å²) < 4.78 is 0. The quantitative estimate of drug-likeness (QED) is 0.906. The summed E-state index contributed by atoms with van der Waals surface area (Å²) in [7, 11) is 0. The lowest BCUT2D eigenvalue weighted by Gasteiger charge is -2.24. The molecule has 0 spiro atoms. The van der Waals surface area contributed by atoms with Gasteiger partial charge in [0.1, 0.15) is 5.75 Å². The van der Waals surface area contributed by atoms with E-state index in [2.05, 4.69) is 4.90 Å². The zero-order valence-corrected chi connectivity index (χ0v) is 11.2. The van der Waals surface area contributed by atoms with Crippen molar-refractivity contribution in [2.24, 2.45) is 0 Å². The molecule has 0 fully saturated rings. The number of nitrogens with zero attached hydrogens (tertiary/aromatic N) is 1. The van der Waals surface area contributed by atoms with Crippen molar-refractivity contribution in [3.63, 3.8) is 0 Å². The molecule has 2 aromatic rings. The lowest BCUT2D eigenvalue weighted by molar-refractivity contribution is 0.0984. The third-order valence-corrected chi connectivity index (χ3v) is 3.66. The summed E-state index contributed by atoms with van der Waals surface area (Å²) in [6.07, 6.45) is 1.47. The van der Waals surface area contributed by atoms with Gasteiger partial charge in [-0.15, -0.1) is 0 Å². The second kappa shape index (κ2) is 5.37. The molecule has 0 amide bonds. The van der Waals surface area contributed by atoms with Crippen molar-refractivity contribution in [1.82, 2.24) is 0 Å². The number of anilines is 1. The standard InChI is InChI=1S/C17H17NO2/c19-14-6-3-5-13(11-14)12-18-10-4-9-17(20)15-7-1-2-8-16(15)18/h1-3,5-8,11,19H,4,9-10,12H2. The van der Waals surface area contributed by atoms with Gasteiger partial charge in [0.25, 0.3) is 0 Å². The molecule has 3 nitrogen and oxygen atoms in total. The number of carbonyl (C=O) groups is 1. The van der Waals surface area contributed by atoms with Crippen LogP contribution in [0.15, 0.2) is 48.5 Å². The van der Waals surface area contributed by atoms with Crippen molar-refractivity contribution in [2.45, 2.75) is 19.4 Å². The van der Waals surface area contributed by atoms with E-state index < -0.39 is 0 Å². The highest BCUT2D eigenvalue weighted by atomic mass is 16.3. The van der Waals surface area contributed by atoms with E-state index in [9.17, 15) is 9.90 Å². The Balaban J connectivity index is 1.93. The molecule has 3 rings (SSSR count). The summed E-state index contributed by atoms with van der Waals surface area (Å²) >= 11 is 0. The zero-order chi connectivity index (χ0) is 13.9. The maximum Gasteiger partial charge on any atom is 0.165 e. The lowest BCUT2D eigenvalue weighted by atomic mass is 10.1. The third-order valence-electron chi connectivity index (χ3n) is 3.66. The second-order valence-corrected chi connectivity index (χ2v) is 5.14. The molecule has 0 radical (unpaired) electrons. The number of para-hydroxylation sites is 1. The van der Waals surface area contributed by atoms with Gasteiger partial charge in [-0.3, -0.25) is 4.79 Å². The number of phenols is 1. The van der Waals surface area contributed by atoms with Gasteiger partial charge in [0.15, 0.2) is 5.78 Å². The van der Waals surface area contributed by atoms with E-state index in [-0.39, 0.29) is 11.5 Å². The number of phenolic OH excluding ortho intramolecular Hbond substituents is 1. The monoisotopic (exact) mass is 267 g/mol. The van der Waals surface area contributed by atoms with Crippen LogP contribution in [0.4, 0.5) is 5.69 Å². The van der Waals surface area contributed by atoms with E-state index in [4.69, 9.17) is 0 Å². The molecular formula is C17H17NO2. The van der Waals surface area contributed by atoms with Gasteiger partial charge in [-0.05, 0) is 36.2 Å². The number of Topliss-reactive ketones (excluding diaryl/α,β-unsaturated/α-hetero) is 1. The Morgan fingerprint density at radius 3 is 2.80 bits per heavy atom. The number of carbonyl (C=O) groups excluding carboxylic acids is 1. The highest BCUT2D eigenvalue weighted by Crippen LogP contribution is 2.27. The average Bonchev–Trinajstić information content (AvgIpc) is 2.60. The van der Waals surface area contributed by atoms with Gasteiger partial charge in [-0.25, -0.2) is 0 Å². The topological polar surface area (TPSA) is 40.5 Å². The van der Waals surface area contributed by atoms with Gasteiger partial charge < -0.3 is 10.0 Å². The molecule has 1 N–H and O–H groups in total. The highest BCUT2D eigenvalue weighted by molar-refractivity contribution is 6.01. The van der Waals surface area contributed by atoms with Gasteiger partial charge in [-0.1, -0.05) is 24.3 Å². The Morgan fingerprint density at radius 2 is 1.95 bits per heavy atom. The summed E-state index contributed by atoms with van der Waals surface area (Å²) in [6, 6.07) is 15.1. The number of benzene rings is 2. The molecule has 1 aliphatic heterocycles. The fourth-order valence-corrected chi connectivity index (χ4v) is 2.71. The molecule has 0 aliphatic carbocycles. The van der Waals surface area contributed by atoms with Gasteiger partial charge >= 0.3 is 0 Å². The fraction of sp³-hybridized carbons (Fsp3) is 0.235. The van der Waals surface area contributed by atoms with Crippen LogP contribution in [0.25, 0.3) is 0 Å². The molecule has 102 valence electrons. The van der Waals surface area contributed by atoms with E-state index in [0.717, 1.165) is 29.8 Å². The molecule has 1 aliphatic rings. The van der Waals surface area contributed by atoms with Crippen molar-refractivity contribution in [1.29, 1.82) is 0 Å². The molecule has 3 heteroatoms. The van der Waals surface area contributed by atoms with Crippen LogP contribution in [0.3, 0.4) is 0 Å². The number of rotatable bonds is 2. The molecular weight excluding hydrogens is 250 g/mol. The third kappa shape index (κ3) is 2.52. The number of fused-ring (bicyclic) bond motifs is 1. The molecule has 0 aromatic heterocycles. The van der Waals surface area contributed by atoms with Crippen LogP contribution in [0.1, 0.15) is 28.8 Å². The van der Waals surface area contributed by atoms with Crippen LogP contribution in [-0.4, -0.2) is 17.4 Å². The summed E-state index contributed by atoms with van der Waals surface area (Å²) in [5.41, 5.74) is 2.86. The van der Waals surface area contributed by atoms with Gasteiger partial charge in [0.2, 0.25) is 0 Å². The SMILES string of the molecule is O=C1CCCN(Cc2cccc(O)c2)c2ccccc21. The molecule has 0 unspecified atom stereocenters. The lowest BCUT2D eigenvalue weighted by Crippen LogP contribution is -2.23. The normalized spacial score (nSPS) is 14.8. The van der Waals surface area contributed by atoms with Crippen molar-refractivity contribution in [2.75, 3.05) is 11.4 Å². The molecule has 0 atom stereocenters. The molecule has 20 heavy (non-hydrogen) atoms. The number of hydrogen-bond acceptors (Lipinski definition) is 3. The first kappa shape index (κ1) is 12.7. The summed E-state index contributed by atoms with van der Waals surface area (Å²) in [5, 5.41) is 9.56. The Bertz CT molecular complexity index is 636. The fourth-order valence-electron chi connectivity index (χ4n) is 2.71. The van der Waals surface area contributed by atoms with E-state index in [1.54, 1.807) is 12.1 Å². The maximum absolute atomic E-state index is 12.1. The minimum absolute atomic E-state index is 0.221. The van der Waals surface area contributed by atoms with Gasteiger partial charge in [-0.2, -0.15) is 0 Å². The van der Waals surface area contributed by atoms with E-state index in [1.165, 1.54) is 0 Å². The molecule has 0 saturated carbocycles. The number of ketones is 1. The van der Waals surface area contributed by atoms with Crippen molar-refractivity contribution < 1.29 is 9.90 Å². The summed E-state index contributed by atoms with van der Waals surface area (Å²) in [5.74, 6) is 0.501. The first-order valence-electron chi connectivity index (χ1n) is 6.89. The predicted octanol–water partition coefficient (Wildman–Crippen LogP) is 3.38. The molecule has 0 saturated heterocycles. The highest BCUT2D eigenvalue weighted by Gasteiger charge is 2.20. The van der Waals surface area contributed by atoms with Crippen LogP contribution >= 0.6 is 0 Å². The van der Waals surface area contributed by atoms with E-state index >= 15 is 0 Å². The van der Waals surface area contributed by atoms with Crippen LogP contribution in [0, 0.1) is 0 Å². The predicted molar refractivity (Wildman–Crippen MR) is 79.2 cm³/mol. The smallest absolute Gasteiger partial charge is 0.165 e. The van der Waals surface area contributed by atoms with Crippen molar-refractivity contribution >= 4 is 11.5 Å². The van der Waals surface area contributed by atoms with Gasteiger partial charge in [0, 0.05) is 30.8 Å². The average molecular weight is 267 g/mol. The maximum atomic E-state index is 12.1. The van der Waals surface area contributed by atoms with Crippen molar-refractivity contribution in [3.05, 3.63) is 59.7 Å². The van der Waals surface area contributed by atoms with Crippen molar-refractivity contribution in [3.8, 4) is 5.75 Å². The Morgan fingerprint density at radius 1 is 1.10 bits per heavy atom. The first-order valence-corrected chi connectivity index (χ1v) is 6.89. The van der Waals surface area contributed by atoms with E-state index in [1.807, 2.05) is 36.4 Å². The summed E-state index contributed by atoms with van der Waals surface area (Å²) in [4.78, 5) is 14.3. The first-order chi connectivity index (χ1) is 9.74. The minimum atomic E-state index is 0.221. The van der Waals surface area contributed by atoms with Crippen LogP contribution < -0.4 is 4.90 Å². The number of hydrogen-bond donors (Lipinski definition) is 1. The molecule has 0 bridgehead atoms. The Hall–Kier alpha value is -2.29. The zero-order valence-electron chi connectivity index (χ0n) is 11.2. The van der Waals surface area contributed by atoms with E-state index in [0.29, 0.717) is 13.0 Å². The summed E-state index contributed by atoms with van der Waals surface area (Å²) in [6.45, 7) is 1.57. The van der Waals surface area contributed by atoms with Crippen LogP contribution in [-0.2, 0) is 6.54 Å². The Labute approximate surface area is 118 Å². The number of aromatic hydroxyl groups is 1. The largest absolute Gasteiger partial charge is 0.508 e. The minimum Gasteiger partial charge on any atom is -0.508 e. The Kier molecular flexibility index (Phi) is 3.42. The molecule has 1 heterocycles. The van der Waals surface area contributed by atoms with Crippen LogP contribution in [0.5, 0.6) is 5.75 Å².